The highest BCUT2D eigenvalue weighted by atomic mass is 16.5. The van der Waals surface area contributed by atoms with Gasteiger partial charge in [0.05, 0.1) is 11.8 Å². The normalized spacial score (nSPS) is 12.2. The van der Waals surface area contributed by atoms with E-state index in [1.807, 2.05) is 13.0 Å². The molecule has 0 saturated carbocycles. The molecule has 2 aromatic carbocycles. The van der Waals surface area contributed by atoms with Crippen molar-refractivity contribution < 1.29 is 19.7 Å². The van der Waals surface area contributed by atoms with E-state index in [1.54, 1.807) is 55.9 Å². The molecular formula is C22H19N3O4. The van der Waals surface area contributed by atoms with E-state index in [-0.39, 0.29) is 11.3 Å². The minimum atomic E-state index is -1.01. The number of phenolic OH excluding ortho intramolecular Hbond substituents is 1. The van der Waals surface area contributed by atoms with Gasteiger partial charge in [0.1, 0.15) is 11.9 Å². The molecule has 0 amide bonds. The molecule has 1 atom stereocenters. The Labute approximate surface area is 166 Å². The number of H-pyrrole nitrogens is 1. The van der Waals surface area contributed by atoms with Crippen molar-refractivity contribution in [3.05, 3.63) is 77.1 Å². The number of hydrogen-bond donors (Lipinski definition) is 3. The number of phenols is 1. The van der Waals surface area contributed by atoms with E-state index >= 15 is 0 Å². The molecule has 0 saturated heterocycles. The Morgan fingerprint density at radius 2 is 1.93 bits per heavy atom. The number of carboxylic acids is 1. The predicted molar refractivity (Wildman–Crippen MR) is 108 cm³/mol. The number of carbonyl (C=O) groups is 1. The number of benzene rings is 2. The molecule has 0 aliphatic rings. The quantitative estimate of drug-likeness (QED) is 0.475. The van der Waals surface area contributed by atoms with Gasteiger partial charge in [0.25, 0.3) is 0 Å². The average Bonchev–Trinajstić information content (AvgIpc) is 3.14. The van der Waals surface area contributed by atoms with Crippen LogP contribution in [0.5, 0.6) is 5.75 Å². The summed E-state index contributed by atoms with van der Waals surface area (Å²) in [5.41, 5.74) is 4.48. The molecule has 7 heteroatoms. The van der Waals surface area contributed by atoms with Crippen molar-refractivity contribution >= 4 is 17.0 Å². The third-order valence-electron chi connectivity index (χ3n) is 4.99. The van der Waals surface area contributed by atoms with E-state index in [1.165, 1.54) is 0 Å². The van der Waals surface area contributed by atoms with Crippen molar-refractivity contribution in [2.24, 2.45) is 0 Å². The van der Waals surface area contributed by atoms with Gasteiger partial charge >= 0.3 is 5.97 Å². The first-order chi connectivity index (χ1) is 14.0. The monoisotopic (exact) mass is 389 g/mol. The summed E-state index contributed by atoms with van der Waals surface area (Å²) in [6, 6.07) is 11.9. The first kappa shape index (κ1) is 18.6. The number of aromatic nitrogens is 3. The van der Waals surface area contributed by atoms with Crippen molar-refractivity contribution in [1.82, 2.24) is 15.2 Å². The minimum absolute atomic E-state index is 0.167. The van der Waals surface area contributed by atoms with Crippen LogP contribution in [0.4, 0.5) is 0 Å². The summed E-state index contributed by atoms with van der Waals surface area (Å²) in [7, 11) is 1.60. The molecule has 4 aromatic rings. The number of aromatic hydroxyl groups is 1. The zero-order chi connectivity index (χ0) is 20.5. The highest BCUT2D eigenvalue weighted by molar-refractivity contribution is 6.04. The molecule has 0 aliphatic carbocycles. The zero-order valence-electron chi connectivity index (χ0n) is 15.9. The second-order valence-corrected chi connectivity index (χ2v) is 6.74. The fourth-order valence-corrected chi connectivity index (χ4v) is 3.69. The van der Waals surface area contributed by atoms with Crippen molar-refractivity contribution in [3.8, 4) is 16.9 Å². The molecule has 2 heterocycles. The van der Waals surface area contributed by atoms with Gasteiger partial charge in [0.15, 0.2) is 5.65 Å². The van der Waals surface area contributed by atoms with E-state index in [2.05, 4.69) is 15.2 Å². The number of aryl methyl sites for hydroxylation is 1. The number of aromatic amines is 1. The summed E-state index contributed by atoms with van der Waals surface area (Å²) in [6.45, 7) is 1.87. The Hall–Kier alpha value is -3.71. The Balaban J connectivity index is 1.99. The first-order valence-corrected chi connectivity index (χ1v) is 8.99. The van der Waals surface area contributed by atoms with Gasteiger partial charge in [-0.3, -0.25) is 0 Å². The smallest absolute Gasteiger partial charge is 0.336 e. The number of methoxy groups -OCH3 is 1. The van der Waals surface area contributed by atoms with Gasteiger partial charge in [-0.15, -0.1) is 5.10 Å². The van der Waals surface area contributed by atoms with Crippen LogP contribution in [0, 0.1) is 6.92 Å². The number of nitrogens with zero attached hydrogens (tertiary/aromatic N) is 2. The van der Waals surface area contributed by atoms with Crippen LogP contribution in [0.25, 0.3) is 22.2 Å². The average molecular weight is 389 g/mol. The van der Waals surface area contributed by atoms with Crippen LogP contribution in [-0.4, -0.2) is 38.5 Å². The number of carboxylic acid groups (broad SMARTS) is 1. The number of rotatable bonds is 5. The number of fused-ring (bicyclic) bond motifs is 1. The molecule has 29 heavy (non-hydrogen) atoms. The van der Waals surface area contributed by atoms with Crippen molar-refractivity contribution in [3.63, 3.8) is 0 Å². The molecule has 0 fully saturated rings. The Kier molecular flexibility index (Phi) is 4.74. The third kappa shape index (κ3) is 3.21. The number of nitrogens with one attached hydrogen (secondary N) is 1. The standard InChI is InChI=1S/C22H19N3O4/c1-12-4-3-5-15(22(27)28)18(12)16-11-24-25-21-19(16)17(10-23-21)20(29-2)13-6-8-14(26)9-7-13/h3-11,20,26H,1-2H3,(H,23,25)(H,27,28). The van der Waals surface area contributed by atoms with Crippen molar-refractivity contribution in [1.29, 1.82) is 0 Å². The lowest BCUT2D eigenvalue weighted by Crippen LogP contribution is -2.05. The topological polar surface area (TPSA) is 108 Å². The Morgan fingerprint density at radius 3 is 2.62 bits per heavy atom. The molecule has 0 bridgehead atoms. The van der Waals surface area contributed by atoms with Crippen molar-refractivity contribution in [2.45, 2.75) is 13.0 Å². The summed E-state index contributed by atoms with van der Waals surface area (Å²) < 4.78 is 5.76. The van der Waals surface area contributed by atoms with Crippen LogP contribution in [0.2, 0.25) is 0 Å². The molecule has 2 aromatic heterocycles. The highest BCUT2D eigenvalue weighted by Gasteiger charge is 2.24. The largest absolute Gasteiger partial charge is 0.508 e. The summed E-state index contributed by atoms with van der Waals surface area (Å²) >= 11 is 0. The van der Waals surface area contributed by atoms with Gasteiger partial charge < -0.3 is 19.9 Å². The Bertz CT molecular complexity index is 1200. The van der Waals surface area contributed by atoms with Crippen LogP contribution in [-0.2, 0) is 4.74 Å². The van der Waals surface area contributed by atoms with E-state index in [0.29, 0.717) is 16.8 Å². The summed E-state index contributed by atoms with van der Waals surface area (Å²) in [4.78, 5) is 15.0. The number of aromatic carboxylic acids is 1. The van der Waals surface area contributed by atoms with Gasteiger partial charge in [0, 0.05) is 35.4 Å². The number of hydrogen-bond acceptors (Lipinski definition) is 5. The zero-order valence-corrected chi connectivity index (χ0v) is 15.9. The number of ether oxygens (including phenoxy) is 1. The van der Waals surface area contributed by atoms with Crippen molar-refractivity contribution in [2.75, 3.05) is 7.11 Å². The third-order valence-corrected chi connectivity index (χ3v) is 4.99. The van der Waals surface area contributed by atoms with E-state index in [0.717, 1.165) is 22.1 Å². The SMILES string of the molecule is COC(c1ccc(O)cc1)c1c[nH]c2nncc(-c3c(C)cccc3C(=O)O)c12. The second-order valence-electron chi connectivity index (χ2n) is 6.74. The molecular weight excluding hydrogens is 370 g/mol. The lowest BCUT2D eigenvalue weighted by atomic mass is 9.91. The maximum Gasteiger partial charge on any atom is 0.336 e. The lowest BCUT2D eigenvalue weighted by Gasteiger charge is -2.17. The predicted octanol–water partition coefficient (Wildman–Crippen LogP) is 4.07. The van der Waals surface area contributed by atoms with E-state index in [9.17, 15) is 15.0 Å². The molecule has 3 N–H and O–H groups in total. The molecule has 7 nitrogen and oxygen atoms in total. The molecule has 0 spiro atoms. The van der Waals surface area contributed by atoms with Crippen LogP contribution < -0.4 is 0 Å². The van der Waals surface area contributed by atoms with E-state index < -0.39 is 12.1 Å². The van der Waals surface area contributed by atoms with Gasteiger partial charge in [-0.25, -0.2) is 4.79 Å². The van der Waals surface area contributed by atoms with Crippen LogP contribution in [0.15, 0.2) is 54.9 Å². The molecule has 0 aliphatic heterocycles. The van der Waals surface area contributed by atoms with E-state index in [4.69, 9.17) is 4.74 Å². The molecule has 146 valence electrons. The summed E-state index contributed by atoms with van der Waals surface area (Å²) in [5.74, 6) is -0.840. The lowest BCUT2D eigenvalue weighted by molar-refractivity contribution is 0.0697. The first-order valence-electron chi connectivity index (χ1n) is 8.99. The summed E-state index contributed by atoms with van der Waals surface area (Å²) in [6.07, 6.45) is 2.94. The fraction of sp³-hybridized carbons (Fsp3) is 0.136. The fourth-order valence-electron chi connectivity index (χ4n) is 3.69. The molecule has 1 unspecified atom stereocenters. The highest BCUT2D eigenvalue weighted by Crippen LogP contribution is 2.38. The van der Waals surface area contributed by atoms with Gasteiger partial charge in [0.2, 0.25) is 0 Å². The van der Waals surface area contributed by atoms with Crippen LogP contribution in [0.1, 0.15) is 33.2 Å². The van der Waals surface area contributed by atoms with Gasteiger partial charge in [-0.1, -0.05) is 24.3 Å². The maximum atomic E-state index is 11.9. The molecule has 0 radical (unpaired) electrons. The second kappa shape index (κ2) is 7.37. The van der Waals surface area contributed by atoms with Crippen LogP contribution >= 0.6 is 0 Å². The minimum Gasteiger partial charge on any atom is -0.508 e. The van der Waals surface area contributed by atoms with Gasteiger partial charge in [-0.05, 0) is 36.2 Å². The van der Waals surface area contributed by atoms with Crippen LogP contribution in [0.3, 0.4) is 0 Å². The molecule has 4 rings (SSSR count). The summed E-state index contributed by atoms with van der Waals surface area (Å²) in [5, 5.41) is 28.3. The Morgan fingerprint density at radius 1 is 1.17 bits per heavy atom. The maximum absolute atomic E-state index is 11.9. The van der Waals surface area contributed by atoms with Gasteiger partial charge in [-0.2, -0.15) is 5.10 Å².